The highest BCUT2D eigenvalue weighted by molar-refractivity contribution is 9.10. The van der Waals surface area contributed by atoms with E-state index in [0.717, 1.165) is 12.0 Å². The molecule has 0 unspecified atom stereocenters. The molecule has 1 N–H and O–H groups in total. The third-order valence-corrected chi connectivity index (χ3v) is 5.75. The first-order valence-electron chi connectivity index (χ1n) is 9.63. The van der Waals surface area contributed by atoms with E-state index in [0.29, 0.717) is 20.3 Å². The summed E-state index contributed by atoms with van der Waals surface area (Å²) in [6, 6.07) is 11.6. The van der Waals surface area contributed by atoms with E-state index >= 15 is 0 Å². The molecule has 5 nitrogen and oxygen atoms in total. The van der Waals surface area contributed by atoms with Crippen molar-refractivity contribution in [2.45, 2.75) is 45.8 Å². The highest BCUT2D eigenvalue weighted by Gasteiger charge is 2.27. The third kappa shape index (κ3) is 7.18. The van der Waals surface area contributed by atoms with Gasteiger partial charge in [0.25, 0.3) is 5.91 Å². The molecule has 0 spiro atoms. The van der Waals surface area contributed by atoms with Crippen LogP contribution >= 0.6 is 39.1 Å². The molecule has 162 valence electrons. The van der Waals surface area contributed by atoms with E-state index in [1.165, 1.54) is 4.90 Å². The summed E-state index contributed by atoms with van der Waals surface area (Å²) in [4.78, 5) is 27.2. The minimum atomic E-state index is -0.678. The first kappa shape index (κ1) is 24.5. The van der Waals surface area contributed by atoms with Crippen molar-refractivity contribution in [2.24, 2.45) is 0 Å². The van der Waals surface area contributed by atoms with E-state index in [4.69, 9.17) is 27.9 Å². The predicted molar refractivity (Wildman–Crippen MR) is 124 cm³/mol. The van der Waals surface area contributed by atoms with Gasteiger partial charge < -0.3 is 15.0 Å². The maximum absolute atomic E-state index is 13.0. The predicted octanol–water partition coefficient (Wildman–Crippen LogP) is 5.47. The molecule has 0 aromatic heterocycles. The lowest BCUT2D eigenvalue weighted by Crippen LogP contribution is -2.50. The summed E-state index contributed by atoms with van der Waals surface area (Å²) in [5.74, 6) is -0.0387. The second-order valence-electron chi connectivity index (χ2n) is 7.01. The van der Waals surface area contributed by atoms with Gasteiger partial charge in [-0.3, -0.25) is 9.59 Å². The topological polar surface area (TPSA) is 58.6 Å². The molecule has 0 radical (unpaired) electrons. The zero-order valence-corrected chi connectivity index (χ0v) is 20.2. The number of amides is 2. The lowest BCUT2D eigenvalue weighted by molar-refractivity contribution is -0.142. The van der Waals surface area contributed by atoms with E-state index in [9.17, 15) is 9.59 Å². The van der Waals surface area contributed by atoms with Crippen molar-refractivity contribution in [3.63, 3.8) is 0 Å². The Labute approximate surface area is 195 Å². The van der Waals surface area contributed by atoms with Crippen LogP contribution in [0.3, 0.4) is 0 Å². The Morgan fingerprint density at radius 2 is 1.83 bits per heavy atom. The molecule has 0 bridgehead atoms. The molecule has 30 heavy (non-hydrogen) atoms. The summed E-state index contributed by atoms with van der Waals surface area (Å²) in [6.07, 6.45) is 0.800. The van der Waals surface area contributed by atoms with E-state index in [2.05, 4.69) is 21.2 Å². The quantitative estimate of drug-likeness (QED) is 0.482. The highest BCUT2D eigenvalue weighted by Crippen LogP contribution is 2.28. The van der Waals surface area contributed by atoms with Crippen molar-refractivity contribution in [1.82, 2.24) is 10.2 Å². The van der Waals surface area contributed by atoms with Gasteiger partial charge >= 0.3 is 0 Å². The normalized spacial score (nSPS) is 12.7. The number of nitrogens with zero attached hydrogens (tertiary/aromatic N) is 1. The molecule has 2 atom stereocenters. The van der Waals surface area contributed by atoms with E-state index in [1.807, 2.05) is 26.0 Å². The van der Waals surface area contributed by atoms with Gasteiger partial charge in [-0.2, -0.15) is 0 Å². The first-order valence-corrected chi connectivity index (χ1v) is 11.2. The number of carbonyl (C=O) groups is 2. The zero-order valence-electron chi connectivity index (χ0n) is 17.1. The van der Waals surface area contributed by atoms with Crippen molar-refractivity contribution < 1.29 is 14.3 Å². The molecular weight excluding hydrogens is 491 g/mol. The van der Waals surface area contributed by atoms with Crippen LogP contribution in [-0.4, -0.2) is 35.4 Å². The van der Waals surface area contributed by atoms with Crippen LogP contribution in [0.5, 0.6) is 5.75 Å². The van der Waals surface area contributed by atoms with Crippen molar-refractivity contribution in [1.29, 1.82) is 0 Å². The summed E-state index contributed by atoms with van der Waals surface area (Å²) >= 11 is 15.4. The molecular formula is C22H25BrCl2N2O3. The molecule has 0 aliphatic carbocycles. The van der Waals surface area contributed by atoms with E-state index in [1.54, 1.807) is 37.3 Å². The Balaban J connectivity index is 2.18. The summed E-state index contributed by atoms with van der Waals surface area (Å²) in [5, 5.41) is 4.05. The van der Waals surface area contributed by atoms with E-state index in [-0.39, 0.29) is 31.0 Å². The van der Waals surface area contributed by atoms with Crippen LogP contribution in [0, 0.1) is 0 Å². The van der Waals surface area contributed by atoms with Gasteiger partial charge in [-0.1, -0.05) is 42.3 Å². The smallest absolute Gasteiger partial charge is 0.261 e. The molecule has 0 saturated heterocycles. The lowest BCUT2D eigenvalue weighted by atomic mass is 10.1. The molecule has 2 rings (SSSR count). The second-order valence-corrected chi connectivity index (χ2v) is 8.74. The van der Waals surface area contributed by atoms with Gasteiger partial charge in [0.1, 0.15) is 11.8 Å². The Bertz CT molecular complexity index is 894. The molecule has 0 saturated carbocycles. The standard InChI is InChI=1S/C22H25BrCl2N2O3/c1-4-14(2)26-22(29)15(3)27(12-16-6-5-7-17(24)10-16)21(28)13-30-20-9-8-18(25)11-19(20)23/h5-11,14-15H,4,12-13H2,1-3H3,(H,26,29)/t14-,15+/m0/s1. The minimum Gasteiger partial charge on any atom is -0.483 e. The molecule has 2 amide bonds. The van der Waals surface area contributed by atoms with Crippen molar-refractivity contribution in [3.05, 3.63) is 62.5 Å². The molecule has 0 aliphatic heterocycles. The number of halogens is 3. The summed E-state index contributed by atoms with van der Waals surface area (Å²) in [6.45, 7) is 5.64. The third-order valence-electron chi connectivity index (χ3n) is 4.66. The second kappa shape index (κ2) is 11.6. The van der Waals surface area contributed by atoms with Gasteiger partial charge in [0.2, 0.25) is 5.91 Å². The Morgan fingerprint density at radius 1 is 1.13 bits per heavy atom. The largest absolute Gasteiger partial charge is 0.483 e. The molecule has 0 fully saturated rings. The van der Waals surface area contributed by atoms with Crippen LogP contribution < -0.4 is 10.1 Å². The first-order chi connectivity index (χ1) is 14.2. The molecule has 2 aromatic rings. The Morgan fingerprint density at radius 3 is 2.47 bits per heavy atom. The van der Waals surface area contributed by atoms with Gasteiger partial charge in [-0.05, 0) is 72.1 Å². The number of hydrogen-bond acceptors (Lipinski definition) is 3. The molecule has 0 heterocycles. The average molecular weight is 516 g/mol. The fourth-order valence-corrected chi connectivity index (χ4v) is 3.70. The molecule has 0 aliphatic rings. The number of carbonyl (C=O) groups excluding carboxylic acids is 2. The van der Waals surface area contributed by atoms with E-state index < -0.39 is 6.04 Å². The monoisotopic (exact) mass is 514 g/mol. The van der Waals surface area contributed by atoms with Crippen LogP contribution in [0.25, 0.3) is 0 Å². The maximum atomic E-state index is 13.0. The van der Waals surface area contributed by atoms with Crippen molar-refractivity contribution in [3.8, 4) is 5.75 Å². The fourth-order valence-electron chi connectivity index (χ4n) is 2.69. The highest BCUT2D eigenvalue weighted by atomic mass is 79.9. The molecule has 8 heteroatoms. The van der Waals surface area contributed by atoms with Crippen LogP contribution in [0.1, 0.15) is 32.8 Å². The number of nitrogens with one attached hydrogen (secondary N) is 1. The van der Waals surface area contributed by atoms with Crippen LogP contribution in [0.15, 0.2) is 46.9 Å². The lowest BCUT2D eigenvalue weighted by Gasteiger charge is -2.29. The van der Waals surface area contributed by atoms with Gasteiger partial charge in [0.05, 0.1) is 4.47 Å². The Hall–Kier alpha value is -1.76. The van der Waals surface area contributed by atoms with Gasteiger partial charge in [-0.15, -0.1) is 0 Å². The van der Waals surface area contributed by atoms with Gasteiger partial charge in [0, 0.05) is 22.6 Å². The number of benzene rings is 2. The Kier molecular flexibility index (Phi) is 9.46. The van der Waals surface area contributed by atoms with Crippen LogP contribution in [0.2, 0.25) is 10.0 Å². The summed E-state index contributed by atoms with van der Waals surface area (Å²) < 4.78 is 6.32. The van der Waals surface area contributed by atoms with Gasteiger partial charge in [-0.25, -0.2) is 0 Å². The van der Waals surface area contributed by atoms with Gasteiger partial charge in [0.15, 0.2) is 6.61 Å². The summed E-state index contributed by atoms with van der Waals surface area (Å²) in [7, 11) is 0. The number of ether oxygens (including phenoxy) is 1. The van der Waals surface area contributed by atoms with Crippen molar-refractivity contribution >= 4 is 50.9 Å². The van der Waals surface area contributed by atoms with Crippen LogP contribution in [0.4, 0.5) is 0 Å². The molecule has 2 aromatic carbocycles. The number of hydrogen-bond donors (Lipinski definition) is 1. The van der Waals surface area contributed by atoms with Crippen molar-refractivity contribution in [2.75, 3.05) is 6.61 Å². The minimum absolute atomic E-state index is 0.0179. The zero-order chi connectivity index (χ0) is 22.3. The fraction of sp³-hybridized carbons (Fsp3) is 0.364. The summed E-state index contributed by atoms with van der Waals surface area (Å²) in [5.41, 5.74) is 0.826. The average Bonchev–Trinajstić information content (AvgIpc) is 2.70. The maximum Gasteiger partial charge on any atom is 0.261 e. The SMILES string of the molecule is CC[C@H](C)NC(=O)[C@@H](C)N(Cc1cccc(Cl)c1)C(=O)COc1ccc(Cl)cc1Br. The number of rotatable bonds is 9. The van der Waals surface area contributed by atoms with Crippen LogP contribution in [-0.2, 0) is 16.1 Å².